The Morgan fingerprint density at radius 1 is 1.26 bits per heavy atom. The lowest BCUT2D eigenvalue weighted by Crippen LogP contribution is -2.25. The number of pyridine rings is 1. The number of benzene rings is 1. The van der Waals surface area contributed by atoms with Gasteiger partial charge in [-0.05, 0) is 37.1 Å². The number of anilines is 1. The standard InChI is InChI=1S/C15H14N2OS/c1-10-5-4-8-14(16-10)17-15(18)13-9-11-6-2-3-7-12(11)19-13/h2-8,13H,9H2,1H3,(H,16,17,18)/t13-/m1/s1. The van der Waals surface area contributed by atoms with Crippen molar-refractivity contribution in [3.63, 3.8) is 0 Å². The van der Waals surface area contributed by atoms with E-state index in [0.29, 0.717) is 5.82 Å². The second kappa shape index (κ2) is 5.05. The molecule has 19 heavy (non-hydrogen) atoms. The van der Waals surface area contributed by atoms with E-state index in [0.717, 1.165) is 12.1 Å². The first-order chi connectivity index (χ1) is 9.22. The molecule has 0 saturated heterocycles. The van der Waals surface area contributed by atoms with Crippen LogP contribution in [0, 0.1) is 6.92 Å². The predicted molar refractivity (Wildman–Crippen MR) is 77.4 cm³/mol. The largest absolute Gasteiger partial charge is 0.310 e. The smallest absolute Gasteiger partial charge is 0.239 e. The first-order valence-corrected chi connectivity index (χ1v) is 7.09. The maximum absolute atomic E-state index is 12.2. The molecule has 3 rings (SSSR count). The quantitative estimate of drug-likeness (QED) is 0.912. The van der Waals surface area contributed by atoms with Gasteiger partial charge in [-0.3, -0.25) is 4.79 Å². The van der Waals surface area contributed by atoms with Crippen molar-refractivity contribution in [1.29, 1.82) is 0 Å². The average molecular weight is 270 g/mol. The monoisotopic (exact) mass is 270 g/mol. The molecule has 0 fully saturated rings. The highest BCUT2D eigenvalue weighted by Gasteiger charge is 2.28. The van der Waals surface area contributed by atoms with E-state index in [2.05, 4.69) is 22.4 Å². The van der Waals surface area contributed by atoms with Crippen LogP contribution in [0.2, 0.25) is 0 Å². The summed E-state index contributed by atoms with van der Waals surface area (Å²) in [6.45, 7) is 1.91. The summed E-state index contributed by atoms with van der Waals surface area (Å²) in [6, 6.07) is 13.8. The predicted octanol–water partition coefficient (Wildman–Crippen LogP) is 3.05. The molecule has 1 N–H and O–H groups in total. The van der Waals surface area contributed by atoms with Gasteiger partial charge in [-0.15, -0.1) is 11.8 Å². The molecular weight excluding hydrogens is 256 g/mol. The number of carbonyl (C=O) groups excluding carboxylic acids is 1. The summed E-state index contributed by atoms with van der Waals surface area (Å²) in [5, 5.41) is 2.83. The van der Waals surface area contributed by atoms with Crippen LogP contribution in [-0.4, -0.2) is 16.1 Å². The van der Waals surface area contributed by atoms with Crippen molar-refractivity contribution < 1.29 is 4.79 Å². The Bertz CT molecular complexity index is 602. The van der Waals surface area contributed by atoms with Crippen molar-refractivity contribution in [2.24, 2.45) is 0 Å². The lowest BCUT2D eigenvalue weighted by molar-refractivity contribution is -0.115. The van der Waals surface area contributed by atoms with E-state index in [4.69, 9.17) is 0 Å². The number of rotatable bonds is 2. The van der Waals surface area contributed by atoms with E-state index in [1.807, 2.05) is 37.3 Å². The molecule has 0 unspecified atom stereocenters. The van der Waals surface area contributed by atoms with Crippen LogP contribution >= 0.6 is 11.8 Å². The number of nitrogens with zero attached hydrogens (tertiary/aromatic N) is 1. The van der Waals surface area contributed by atoms with E-state index < -0.39 is 0 Å². The Hall–Kier alpha value is -1.81. The molecule has 2 heterocycles. The van der Waals surface area contributed by atoms with Crippen LogP contribution < -0.4 is 5.32 Å². The molecule has 0 aliphatic carbocycles. The van der Waals surface area contributed by atoms with Crippen molar-refractivity contribution in [2.75, 3.05) is 5.32 Å². The number of thioether (sulfide) groups is 1. The van der Waals surface area contributed by atoms with Crippen LogP contribution in [0.3, 0.4) is 0 Å². The Kier molecular flexibility index (Phi) is 3.25. The third-order valence-electron chi connectivity index (χ3n) is 3.08. The fraction of sp³-hybridized carbons (Fsp3) is 0.200. The van der Waals surface area contributed by atoms with Gasteiger partial charge in [-0.25, -0.2) is 4.98 Å². The van der Waals surface area contributed by atoms with Crippen LogP contribution in [-0.2, 0) is 11.2 Å². The van der Waals surface area contributed by atoms with E-state index in [1.54, 1.807) is 11.8 Å². The minimum atomic E-state index is -0.0558. The Morgan fingerprint density at radius 3 is 2.89 bits per heavy atom. The molecule has 96 valence electrons. The fourth-order valence-corrected chi connectivity index (χ4v) is 3.34. The second-order valence-corrected chi connectivity index (χ2v) is 5.82. The molecule has 0 saturated carbocycles. The van der Waals surface area contributed by atoms with Gasteiger partial charge in [0.25, 0.3) is 0 Å². The van der Waals surface area contributed by atoms with Crippen molar-refractivity contribution >= 4 is 23.5 Å². The highest BCUT2D eigenvalue weighted by Crippen LogP contribution is 2.37. The molecule has 0 radical (unpaired) electrons. The molecule has 0 spiro atoms. The van der Waals surface area contributed by atoms with Gasteiger partial charge in [0.15, 0.2) is 0 Å². The molecule has 4 heteroatoms. The third kappa shape index (κ3) is 2.63. The second-order valence-electron chi connectivity index (χ2n) is 4.57. The summed E-state index contributed by atoms with van der Waals surface area (Å²) < 4.78 is 0. The molecule has 1 aliphatic heterocycles. The molecular formula is C15H14N2OS. The minimum Gasteiger partial charge on any atom is -0.310 e. The summed E-state index contributed by atoms with van der Waals surface area (Å²) in [4.78, 5) is 17.7. The van der Waals surface area contributed by atoms with E-state index >= 15 is 0 Å². The van der Waals surface area contributed by atoms with E-state index in [-0.39, 0.29) is 11.2 Å². The van der Waals surface area contributed by atoms with Crippen LogP contribution in [0.4, 0.5) is 5.82 Å². The number of hydrogen-bond donors (Lipinski definition) is 1. The first kappa shape index (κ1) is 12.2. The van der Waals surface area contributed by atoms with Crippen LogP contribution in [0.5, 0.6) is 0 Å². The van der Waals surface area contributed by atoms with Gasteiger partial charge in [-0.1, -0.05) is 24.3 Å². The fourth-order valence-electron chi connectivity index (χ4n) is 2.15. The van der Waals surface area contributed by atoms with Gasteiger partial charge < -0.3 is 5.32 Å². The Labute approximate surface area is 116 Å². The number of carbonyl (C=O) groups is 1. The maximum Gasteiger partial charge on any atom is 0.239 e. The van der Waals surface area contributed by atoms with Gasteiger partial charge in [0.2, 0.25) is 5.91 Å². The SMILES string of the molecule is Cc1cccc(NC(=O)[C@H]2Cc3ccccc3S2)n1. The van der Waals surface area contributed by atoms with Gasteiger partial charge in [0.1, 0.15) is 5.82 Å². The molecule has 1 aromatic carbocycles. The number of aromatic nitrogens is 1. The number of nitrogens with one attached hydrogen (secondary N) is 1. The highest BCUT2D eigenvalue weighted by molar-refractivity contribution is 8.01. The molecule has 1 amide bonds. The first-order valence-electron chi connectivity index (χ1n) is 6.21. The van der Waals surface area contributed by atoms with E-state index in [1.165, 1.54) is 10.5 Å². The zero-order valence-electron chi connectivity index (χ0n) is 10.6. The van der Waals surface area contributed by atoms with Crippen molar-refractivity contribution in [2.45, 2.75) is 23.5 Å². The third-order valence-corrected chi connectivity index (χ3v) is 4.40. The molecule has 2 aromatic rings. The number of aryl methyl sites for hydroxylation is 1. The maximum atomic E-state index is 12.2. The summed E-state index contributed by atoms with van der Waals surface area (Å²) in [6.07, 6.45) is 0.790. The summed E-state index contributed by atoms with van der Waals surface area (Å²) >= 11 is 1.63. The van der Waals surface area contributed by atoms with Gasteiger partial charge in [0, 0.05) is 10.6 Å². The van der Waals surface area contributed by atoms with Crippen molar-refractivity contribution in [1.82, 2.24) is 4.98 Å². The van der Waals surface area contributed by atoms with Crippen LogP contribution in [0.25, 0.3) is 0 Å². The van der Waals surface area contributed by atoms with E-state index in [9.17, 15) is 4.79 Å². The summed E-state index contributed by atoms with van der Waals surface area (Å²) in [5.74, 6) is 0.654. The highest BCUT2D eigenvalue weighted by atomic mass is 32.2. The van der Waals surface area contributed by atoms with Crippen LogP contribution in [0.15, 0.2) is 47.4 Å². The summed E-state index contributed by atoms with van der Waals surface area (Å²) in [5.41, 5.74) is 2.16. The molecule has 1 aliphatic rings. The molecule has 3 nitrogen and oxygen atoms in total. The average Bonchev–Trinajstić information content (AvgIpc) is 2.82. The van der Waals surface area contributed by atoms with Gasteiger partial charge in [0.05, 0.1) is 5.25 Å². The molecule has 0 bridgehead atoms. The van der Waals surface area contributed by atoms with Crippen LogP contribution in [0.1, 0.15) is 11.3 Å². The number of hydrogen-bond acceptors (Lipinski definition) is 3. The van der Waals surface area contributed by atoms with Gasteiger partial charge >= 0.3 is 0 Å². The summed E-state index contributed by atoms with van der Waals surface area (Å²) in [7, 11) is 0. The lowest BCUT2D eigenvalue weighted by Gasteiger charge is -2.09. The zero-order valence-corrected chi connectivity index (χ0v) is 11.4. The van der Waals surface area contributed by atoms with Gasteiger partial charge in [-0.2, -0.15) is 0 Å². The lowest BCUT2D eigenvalue weighted by atomic mass is 10.1. The number of fused-ring (bicyclic) bond motifs is 1. The zero-order chi connectivity index (χ0) is 13.2. The van der Waals surface area contributed by atoms with Crippen molar-refractivity contribution in [3.8, 4) is 0 Å². The van der Waals surface area contributed by atoms with Crippen molar-refractivity contribution in [3.05, 3.63) is 53.7 Å². The minimum absolute atomic E-state index is 0.0271. The number of amides is 1. The molecule has 1 aromatic heterocycles. The Morgan fingerprint density at radius 2 is 2.11 bits per heavy atom. The Balaban J connectivity index is 1.70. The topological polar surface area (TPSA) is 42.0 Å². The normalized spacial score (nSPS) is 17.0. The molecule has 1 atom stereocenters.